The molecule has 5 aromatic rings. The highest BCUT2D eigenvalue weighted by atomic mass is 32.1. The topological polar surface area (TPSA) is 67.8 Å². The van der Waals surface area contributed by atoms with Crippen LogP contribution in [0.3, 0.4) is 0 Å². The number of thiophene rings is 1. The fourth-order valence-electron chi connectivity index (χ4n) is 3.07. The van der Waals surface area contributed by atoms with Gasteiger partial charge in [-0.05, 0) is 49.1 Å². The molecule has 30 heavy (non-hydrogen) atoms. The number of aromatic nitrogens is 3. The molecule has 0 fully saturated rings. The zero-order valence-corrected chi connectivity index (χ0v) is 18.6. The van der Waals surface area contributed by atoms with E-state index in [9.17, 15) is 4.79 Å². The molecule has 5 nitrogen and oxygen atoms in total. The second kappa shape index (κ2) is 7.71. The van der Waals surface area contributed by atoms with Crippen LogP contribution in [0.2, 0.25) is 0 Å². The molecule has 1 N–H and O–H groups in total. The SMILES string of the molecule is Cc1ccc(-c2nc3cccnc3s2)cc1NC(=O)c1sc(-c2cccs2)nc1C. The maximum Gasteiger partial charge on any atom is 0.267 e. The molecule has 4 aromatic heterocycles. The van der Waals surface area contributed by atoms with Crippen LogP contribution in [0.5, 0.6) is 0 Å². The van der Waals surface area contributed by atoms with Crippen molar-refractivity contribution in [2.45, 2.75) is 13.8 Å². The van der Waals surface area contributed by atoms with Gasteiger partial charge in [-0.3, -0.25) is 4.79 Å². The van der Waals surface area contributed by atoms with Crippen molar-refractivity contribution >= 4 is 56.0 Å². The van der Waals surface area contributed by atoms with Crippen molar-refractivity contribution in [2.75, 3.05) is 5.32 Å². The first kappa shape index (κ1) is 19.0. The second-order valence-corrected chi connectivity index (χ2v) is 9.67. The molecule has 0 aliphatic heterocycles. The lowest BCUT2D eigenvalue weighted by Crippen LogP contribution is -2.12. The third-order valence-electron chi connectivity index (χ3n) is 4.63. The Labute approximate surface area is 185 Å². The van der Waals surface area contributed by atoms with Crippen LogP contribution >= 0.6 is 34.0 Å². The standard InChI is InChI=1S/C22H16N4OS3/c1-12-7-8-14(20-26-15-5-3-9-23-21(15)30-20)11-16(12)25-19(27)18-13(2)24-22(29-18)17-6-4-10-28-17/h3-11H,1-2H3,(H,25,27). The minimum absolute atomic E-state index is 0.140. The number of hydrogen-bond acceptors (Lipinski definition) is 7. The molecule has 0 aliphatic rings. The maximum atomic E-state index is 13.0. The zero-order valence-electron chi connectivity index (χ0n) is 16.2. The summed E-state index contributed by atoms with van der Waals surface area (Å²) < 4.78 is 0. The zero-order chi connectivity index (χ0) is 20.7. The Morgan fingerprint density at radius 1 is 1.00 bits per heavy atom. The predicted molar refractivity (Wildman–Crippen MR) is 126 cm³/mol. The number of nitrogens with zero attached hydrogens (tertiary/aromatic N) is 3. The molecule has 5 rings (SSSR count). The van der Waals surface area contributed by atoms with Gasteiger partial charge in [0.05, 0.1) is 10.6 Å². The fourth-order valence-corrected chi connectivity index (χ4v) is 5.74. The van der Waals surface area contributed by atoms with E-state index in [0.717, 1.165) is 47.7 Å². The van der Waals surface area contributed by atoms with Gasteiger partial charge in [0, 0.05) is 17.4 Å². The quantitative estimate of drug-likeness (QED) is 0.345. The molecular weight excluding hydrogens is 432 g/mol. The van der Waals surface area contributed by atoms with E-state index >= 15 is 0 Å². The summed E-state index contributed by atoms with van der Waals surface area (Å²) in [5.41, 5.74) is 4.35. The van der Waals surface area contributed by atoms with Gasteiger partial charge in [-0.15, -0.1) is 22.7 Å². The average Bonchev–Trinajstić information content (AvgIpc) is 3.48. The molecule has 0 spiro atoms. The average molecular weight is 449 g/mol. The number of aryl methyl sites for hydroxylation is 2. The molecule has 0 unspecified atom stereocenters. The van der Waals surface area contributed by atoms with Gasteiger partial charge in [-0.1, -0.05) is 29.5 Å². The van der Waals surface area contributed by atoms with Crippen molar-refractivity contribution in [1.29, 1.82) is 0 Å². The Morgan fingerprint density at radius 2 is 1.90 bits per heavy atom. The monoisotopic (exact) mass is 448 g/mol. The molecule has 0 bridgehead atoms. The number of rotatable bonds is 4. The minimum Gasteiger partial charge on any atom is -0.321 e. The maximum absolute atomic E-state index is 13.0. The van der Waals surface area contributed by atoms with Gasteiger partial charge < -0.3 is 5.32 Å². The van der Waals surface area contributed by atoms with Gasteiger partial charge in [0.2, 0.25) is 0 Å². The van der Waals surface area contributed by atoms with Crippen molar-refractivity contribution in [3.63, 3.8) is 0 Å². The molecule has 0 atom stereocenters. The largest absolute Gasteiger partial charge is 0.321 e. The third kappa shape index (κ3) is 3.54. The van der Waals surface area contributed by atoms with Crippen LogP contribution < -0.4 is 5.32 Å². The lowest BCUT2D eigenvalue weighted by molar-refractivity contribution is 0.102. The number of anilines is 1. The van der Waals surface area contributed by atoms with Crippen LogP contribution in [0.25, 0.3) is 30.8 Å². The molecule has 0 aliphatic carbocycles. The first-order valence-electron chi connectivity index (χ1n) is 9.24. The van der Waals surface area contributed by atoms with E-state index in [2.05, 4.69) is 20.3 Å². The predicted octanol–water partition coefficient (Wildman–Crippen LogP) is 6.41. The van der Waals surface area contributed by atoms with E-state index < -0.39 is 0 Å². The van der Waals surface area contributed by atoms with Crippen molar-refractivity contribution in [2.24, 2.45) is 0 Å². The van der Waals surface area contributed by atoms with Crippen LogP contribution in [-0.4, -0.2) is 20.9 Å². The highest BCUT2D eigenvalue weighted by Gasteiger charge is 2.18. The van der Waals surface area contributed by atoms with E-state index in [0.29, 0.717) is 4.88 Å². The van der Waals surface area contributed by atoms with Crippen LogP contribution in [0, 0.1) is 13.8 Å². The number of hydrogen-bond donors (Lipinski definition) is 1. The molecule has 8 heteroatoms. The van der Waals surface area contributed by atoms with E-state index in [4.69, 9.17) is 0 Å². The summed E-state index contributed by atoms with van der Waals surface area (Å²) in [6.45, 7) is 3.86. The van der Waals surface area contributed by atoms with Gasteiger partial charge in [0.1, 0.15) is 25.2 Å². The Hall–Kier alpha value is -2.94. The number of pyridine rings is 1. The van der Waals surface area contributed by atoms with Gasteiger partial charge in [0.25, 0.3) is 5.91 Å². The smallest absolute Gasteiger partial charge is 0.267 e. The van der Waals surface area contributed by atoms with Crippen molar-refractivity contribution in [1.82, 2.24) is 15.0 Å². The first-order valence-corrected chi connectivity index (χ1v) is 11.7. The summed E-state index contributed by atoms with van der Waals surface area (Å²) in [6, 6.07) is 13.8. The Bertz CT molecular complexity index is 1340. The van der Waals surface area contributed by atoms with Crippen LogP contribution in [0.15, 0.2) is 54.0 Å². The normalized spacial score (nSPS) is 11.1. The number of nitrogens with one attached hydrogen (secondary N) is 1. The summed E-state index contributed by atoms with van der Waals surface area (Å²) >= 11 is 4.59. The molecule has 1 amide bonds. The van der Waals surface area contributed by atoms with Gasteiger partial charge in [0.15, 0.2) is 0 Å². The number of carbonyl (C=O) groups is 1. The van der Waals surface area contributed by atoms with E-state index in [1.807, 2.05) is 61.7 Å². The molecule has 0 saturated heterocycles. The van der Waals surface area contributed by atoms with E-state index in [1.165, 1.54) is 11.3 Å². The molecule has 1 aromatic carbocycles. The van der Waals surface area contributed by atoms with Gasteiger partial charge in [-0.2, -0.15) is 0 Å². The highest BCUT2D eigenvalue weighted by molar-refractivity contribution is 7.22. The Morgan fingerprint density at radius 3 is 2.70 bits per heavy atom. The number of fused-ring (bicyclic) bond motifs is 1. The first-order chi connectivity index (χ1) is 14.6. The third-order valence-corrected chi connectivity index (χ3v) is 7.86. The van der Waals surface area contributed by atoms with Crippen LogP contribution in [0.4, 0.5) is 5.69 Å². The highest BCUT2D eigenvalue weighted by Crippen LogP contribution is 2.33. The summed E-state index contributed by atoms with van der Waals surface area (Å²) in [5, 5.41) is 6.84. The van der Waals surface area contributed by atoms with E-state index in [1.54, 1.807) is 28.9 Å². The molecule has 0 radical (unpaired) electrons. The van der Waals surface area contributed by atoms with Crippen molar-refractivity contribution < 1.29 is 4.79 Å². The van der Waals surface area contributed by atoms with Crippen LogP contribution in [0.1, 0.15) is 20.9 Å². The molecule has 4 heterocycles. The summed E-state index contributed by atoms with van der Waals surface area (Å²) in [5.74, 6) is -0.140. The second-order valence-electron chi connectivity index (χ2n) is 6.74. The van der Waals surface area contributed by atoms with Crippen molar-refractivity contribution in [3.05, 3.63) is 70.2 Å². The van der Waals surface area contributed by atoms with Gasteiger partial charge >= 0.3 is 0 Å². The summed E-state index contributed by atoms with van der Waals surface area (Å²) in [4.78, 5) is 29.2. The number of thiazole rings is 2. The minimum atomic E-state index is -0.140. The molecule has 148 valence electrons. The summed E-state index contributed by atoms with van der Waals surface area (Å²) in [6.07, 6.45) is 1.77. The lowest BCUT2D eigenvalue weighted by atomic mass is 10.1. The Balaban J connectivity index is 1.45. The molecule has 0 saturated carbocycles. The van der Waals surface area contributed by atoms with Crippen LogP contribution in [-0.2, 0) is 0 Å². The lowest BCUT2D eigenvalue weighted by Gasteiger charge is -2.09. The number of amides is 1. The fraction of sp³-hybridized carbons (Fsp3) is 0.0909. The number of carbonyl (C=O) groups excluding carboxylic acids is 1. The summed E-state index contributed by atoms with van der Waals surface area (Å²) in [7, 11) is 0. The van der Waals surface area contributed by atoms with Crippen molar-refractivity contribution in [3.8, 4) is 20.5 Å². The Kier molecular flexibility index (Phi) is 4.90. The van der Waals surface area contributed by atoms with Gasteiger partial charge in [-0.25, -0.2) is 15.0 Å². The number of benzene rings is 1. The molecular formula is C22H16N4OS3. The van der Waals surface area contributed by atoms with E-state index in [-0.39, 0.29) is 5.91 Å².